The number of benzene rings is 1. The Morgan fingerprint density at radius 2 is 2.20 bits per heavy atom. The van der Waals surface area contributed by atoms with Crippen molar-refractivity contribution < 1.29 is 0 Å². The van der Waals surface area contributed by atoms with Crippen molar-refractivity contribution in [1.29, 1.82) is 0 Å². The molecule has 1 heterocycles. The molecule has 0 bridgehead atoms. The maximum absolute atomic E-state index is 6.11. The third-order valence-corrected chi connectivity index (χ3v) is 2.69. The molecule has 80 valence electrons. The third-order valence-electron chi connectivity index (χ3n) is 2.69. The lowest BCUT2D eigenvalue weighted by Crippen LogP contribution is -2.17. The molecule has 15 heavy (non-hydrogen) atoms. The van der Waals surface area contributed by atoms with Gasteiger partial charge < -0.3 is 10.3 Å². The Hall–Kier alpha value is -1.35. The summed E-state index contributed by atoms with van der Waals surface area (Å²) in [7, 11) is 0. The van der Waals surface area contributed by atoms with Gasteiger partial charge in [-0.3, -0.25) is 0 Å². The Kier molecular flexibility index (Phi) is 3.02. The Morgan fingerprint density at radius 3 is 3.00 bits per heavy atom. The van der Waals surface area contributed by atoms with Crippen LogP contribution in [-0.2, 0) is 0 Å². The van der Waals surface area contributed by atoms with Crippen LogP contribution >= 0.6 is 0 Å². The van der Waals surface area contributed by atoms with Gasteiger partial charge in [0.2, 0.25) is 0 Å². The lowest BCUT2D eigenvalue weighted by molar-refractivity contribution is 0.474. The van der Waals surface area contributed by atoms with E-state index in [9.17, 15) is 0 Å². The van der Waals surface area contributed by atoms with Crippen LogP contribution in [0.5, 0.6) is 0 Å². The normalized spacial score (nSPS) is 13.2. The van der Waals surface area contributed by atoms with Crippen molar-refractivity contribution in [2.75, 3.05) is 0 Å². The maximum Gasteiger partial charge on any atom is 0.0971 e. The molecule has 0 aliphatic rings. The average Bonchev–Trinajstić information content (AvgIpc) is 2.69. The molecule has 0 amide bonds. The fourth-order valence-electron chi connectivity index (χ4n) is 1.79. The van der Waals surface area contributed by atoms with E-state index >= 15 is 0 Å². The predicted octanol–water partition coefficient (Wildman–Crippen LogP) is 2.68. The van der Waals surface area contributed by atoms with Gasteiger partial charge in [0.05, 0.1) is 23.5 Å². The molecule has 1 atom stereocenters. The first kappa shape index (κ1) is 10.2. The quantitative estimate of drug-likeness (QED) is 0.830. The second-order valence-corrected chi connectivity index (χ2v) is 3.85. The van der Waals surface area contributed by atoms with Crippen molar-refractivity contribution in [2.24, 2.45) is 5.73 Å². The average molecular weight is 203 g/mol. The van der Waals surface area contributed by atoms with Crippen molar-refractivity contribution in [3.63, 3.8) is 0 Å². The monoisotopic (exact) mass is 203 g/mol. The highest BCUT2D eigenvalue weighted by atomic mass is 15.1. The molecule has 0 aliphatic carbocycles. The van der Waals surface area contributed by atoms with Gasteiger partial charge in [-0.2, -0.15) is 0 Å². The van der Waals surface area contributed by atoms with E-state index in [0.717, 1.165) is 23.9 Å². The van der Waals surface area contributed by atoms with Crippen LogP contribution < -0.4 is 5.73 Å². The summed E-state index contributed by atoms with van der Waals surface area (Å²) < 4.78 is 2.06. The molecule has 0 saturated heterocycles. The highest BCUT2D eigenvalue weighted by Gasteiger charge is 2.07. The summed E-state index contributed by atoms with van der Waals surface area (Å²) in [5.74, 6) is 0. The molecular formula is C12H17N3. The van der Waals surface area contributed by atoms with Gasteiger partial charge in [-0.1, -0.05) is 31.9 Å². The summed E-state index contributed by atoms with van der Waals surface area (Å²) in [5, 5.41) is 0. The number of rotatable bonds is 4. The van der Waals surface area contributed by atoms with E-state index in [1.807, 2.05) is 24.5 Å². The number of imidazole rings is 1. The topological polar surface area (TPSA) is 43.8 Å². The highest BCUT2D eigenvalue weighted by Crippen LogP contribution is 2.17. The standard InChI is InChI=1S/C12H17N3/c1-2-3-8-12(13)15-9-14-10-6-4-5-7-11(10)15/h4-7,9,12H,2-3,8,13H2,1H3. The fraction of sp³-hybridized carbons (Fsp3) is 0.417. The molecule has 2 rings (SSSR count). The first-order valence-electron chi connectivity index (χ1n) is 5.50. The van der Waals surface area contributed by atoms with E-state index in [1.165, 1.54) is 6.42 Å². The molecule has 2 N–H and O–H groups in total. The van der Waals surface area contributed by atoms with Crippen molar-refractivity contribution >= 4 is 11.0 Å². The van der Waals surface area contributed by atoms with Gasteiger partial charge in [-0.25, -0.2) is 4.98 Å². The van der Waals surface area contributed by atoms with Crippen LogP contribution in [0.1, 0.15) is 32.4 Å². The SMILES string of the molecule is CCCCC(N)n1cnc2ccccc21. The van der Waals surface area contributed by atoms with Crippen LogP contribution in [0.3, 0.4) is 0 Å². The van der Waals surface area contributed by atoms with E-state index < -0.39 is 0 Å². The van der Waals surface area contributed by atoms with Crippen LogP contribution in [0.15, 0.2) is 30.6 Å². The zero-order valence-electron chi connectivity index (χ0n) is 9.06. The first-order valence-corrected chi connectivity index (χ1v) is 5.50. The molecule has 0 radical (unpaired) electrons. The molecule has 2 aromatic rings. The molecule has 1 unspecified atom stereocenters. The number of unbranched alkanes of at least 4 members (excludes halogenated alkanes) is 1. The molecular weight excluding hydrogens is 186 g/mol. The Balaban J connectivity index is 2.27. The lowest BCUT2D eigenvalue weighted by Gasteiger charge is -2.13. The van der Waals surface area contributed by atoms with Crippen molar-refractivity contribution in [1.82, 2.24) is 9.55 Å². The summed E-state index contributed by atoms with van der Waals surface area (Å²) in [4.78, 5) is 4.33. The van der Waals surface area contributed by atoms with E-state index in [0.29, 0.717) is 0 Å². The third kappa shape index (κ3) is 2.02. The van der Waals surface area contributed by atoms with E-state index in [1.54, 1.807) is 0 Å². The molecule has 3 heteroatoms. The zero-order valence-corrected chi connectivity index (χ0v) is 9.06. The Bertz CT molecular complexity index is 433. The minimum absolute atomic E-state index is 0.0531. The van der Waals surface area contributed by atoms with E-state index in [4.69, 9.17) is 5.73 Å². The van der Waals surface area contributed by atoms with E-state index in [-0.39, 0.29) is 6.17 Å². The predicted molar refractivity (Wildman–Crippen MR) is 62.5 cm³/mol. The summed E-state index contributed by atoms with van der Waals surface area (Å²) in [6.45, 7) is 2.18. The number of nitrogens with zero attached hydrogens (tertiary/aromatic N) is 2. The largest absolute Gasteiger partial charge is 0.314 e. The van der Waals surface area contributed by atoms with Gasteiger partial charge in [-0.15, -0.1) is 0 Å². The minimum atomic E-state index is 0.0531. The van der Waals surface area contributed by atoms with Gasteiger partial charge in [0.25, 0.3) is 0 Å². The fourth-order valence-corrected chi connectivity index (χ4v) is 1.79. The van der Waals surface area contributed by atoms with Gasteiger partial charge in [0, 0.05) is 0 Å². The lowest BCUT2D eigenvalue weighted by atomic mass is 10.2. The number of hydrogen-bond donors (Lipinski definition) is 1. The smallest absolute Gasteiger partial charge is 0.0971 e. The van der Waals surface area contributed by atoms with Crippen LogP contribution in [0.2, 0.25) is 0 Å². The van der Waals surface area contributed by atoms with E-state index in [2.05, 4.69) is 22.5 Å². The summed E-state index contributed by atoms with van der Waals surface area (Å²) in [6.07, 6.45) is 5.24. The van der Waals surface area contributed by atoms with Crippen LogP contribution in [-0.4, -0.2) is 9.55 Å². The van der Waals surface area contributed by atoms with Gasteiger partial charge in [0.15, 0.2) is 0 Å². The summed E-state index contributed by atoms with van der Waals surface area (Å²) in [5.41, 5.74) is 8.26. The second-order valence-electron chi connectivity index (χ2n) is 3.85. The molecule has 1 aromatic carbocycles. The summed E-state index contributed by atoms with van der Waals surface area (Å²) in [6, 6.07) is 8.09. The second kappa shape index (κ2) is 4.45. The Labute approximate surface area is 89.9 Å². The van der Waals surface area contributed by atoms with Crippen LogP contribution in [0, 0.1) is 0 Å². The van der Waals surface area contributed by atoms with Crippen molar-refractivity contribution in [2.45, 2.75) is 32.4 Å². The minimum Gasteiger partial charge on any atom is -0.314 e. The maximum atomic E-state index is 6.11. The number of fused-ring (bicyclic) bond motifs is 1. The van der Waals surface area contributed by atoms with Crippen molar-refractivity contribution in [3.05, 3.63) is 30.6 Å². The Morgan fingerprint density at radius 1 is 1.40 bits per heavy atom. The molecule has 0 fully saturated rings. The number of aromatic nitrogens is 2. The van der Waals surface area contributed by atoms with Crippen LogP contribution in [0.25, 0.3) is 11.0 Å². The highest BCUT2D eigenvalue weighted by molar-refractivity contribution is 5.75. The molecule has 0 spiro atoms. The number of hydrogen-bond acceptors (Lipinski definition) is 2. The van der Waals surface area contributed by atoms with Gasteiger partial charge in [0.1, 0.15) is 0 Å². The van der Waals surface area contributed by atoms with Gasteiger partial charge in [-0.05, 0) is 18.6 Å². The molecule has 3 nitrogen and oxygen atoms in total. The first-order chi connectivity index (χ1) is 7.33. The number of para-hydroxylation sites is 2. The number of nitrogens with two attached hydrogens (primary N) is 1. The van der Waals surface area contributed by atoms with Crippen molar-refractivity contribution in [3.8, 4) is 0 Å². The summed E-state index contributed by atoms with van der Waals surface area (Å²) >= 11 is 0. The van der Waals surface area contributed by atoms with Crippen LogP contribution in [0.4, 0.5) is 0 Å². The molecule has 0 aliphatic heterocycles. The van der Waals surface area contributed by atoms with Gasteiger partial charge >= 0.3 is 0 Å². The molecule has 0 saturated carbocycles. The molecule has 1 aromatic heterocycles. The zero-order chi connectivity index (χ0) is 10.7.